The monoisotopic (exact) mass is 341 g/mol. The topological polar surface area (TPSA) is 67.6 Å². The van der Waals surface area contributed by atoms with Gasteiger partial charge in [0.15, 0.2) is 0 Å². The number of rotatable bonds is 5. The Balaban J connectivity index is 1.94. The molecule has 0 aliphatic carbocycles. The SMILES string of the molecule is CCOC(=O)N(N)c1ccc(CNc2ccc(C(C)(C)C)cc2)cc1. The number of carbonyl (C=O) groups is 1. The van der Waals surface area contributed by atoms with E-state index in [0.717, 1.165) is 16.3 Å². The molecule has 0 radical (unpaired) electrons. The van der Waals surface area contributed by atoms with Crippen LogP contribution in [0, 0.1) is 0 Å². The molecule has 3 N–H and O–H groups in total. The number of nitrogens with zero attached hydrogens (tertiary/aromatic N) is 1. The quantitative estimate of drug-likeness (QED) is 0.479. The Bertz CT molecular complexity index is 688. The summed E-state index contributed by atoms with van der Waals surface area (Å²) in [6, 6.07) is 16.0. The van der Waals surface area contributed by atoms with E-state index in [0.29, 0.717) is 18.8 Å². The zero-order valence-electron chi connectivity index (χ0n) is 15.4. The minimum absolute atomic E-state index is 0.154. The maximum atomic E-state index is 11.6. The van der Waals surface area contributed by atoms with Crippen LogP contribution in [0.2, 0.25) is 0 Å². The summed E-state index contributed by atoms with van der Waals surface area (Å²) in [6.07, 6.45) is -0.563. The minimum atomic E-state index is -0.563. The number of hydrogen-bond donors (Lipinski definition) is 2. The molecule has 1 amide bonds. The normalized spacial score (nSPS) is 11.1. The van der Waals surface area contributed by atoms with Gasteiger partial charge >= 0.3 is 6.09 Å². The fourth-order valence-electron chi connectivity index (χ4n) is 2.37. The number of nitrogens with two attached hydrogens (primary N) is 1. The lowest BCUT2D eigenvalue weighted by molar-refractivity contribution is 0.160. The van der Waals surface area contributed by atoms with E-state index < -0.39 is 6.09 Å². The molecule has 0 aliphatic heterocycles. The number of carbonyl (C=O) groups excluding carboxylic acids is 1. The first-order valence-corrected chi connectivity index (χ1v) is 8.46. The van der Waals surface area contributed by atoms with E-state index in [1.54, 1.807) is 19.1 Å². The van der Waals surface area contributed by atoms with Gasteiger partial charge in [0, 0.05) is 12.2 Å². The molecular weight excluding hydrogens is 314 g/mol. The van der Waals surface area contributed by atoms with Crippen LogP contribution in [0.25, 0.3) is 0 Å². The Morgan fingerprint density at radius 1 is 1.08 bits per heavy atom. The summed E-state index contributed by atoms with van der Waals surface area (Å²) < 4.78 is 4.88. The molecule has 0 unspecified atom stereocenters. The van der Waals surface area contributed by atoms with Gasteiger partial charge in [-0.15, -0.1) is 0 Å². The van der Waals surface area contributed by atoms with Crippen molar-refractivity contribution in [2.24, 2.45) is 5.84 Å². The number of ether oxygens (including phenoxy) is 1. The Labute approximate surface area is 149 Å². The molecule has 0 saturated carbocycles. The lowest BCUT2D eigenvalue weighted by Gasteiger charge is -2.19. The van der Waals surface area contributed by atoms with Crippen LogP contribution >= 0.6 is 0 Å². The third kappa shape index (κ3) is 5.22. The average Bonchev–Trinajstić information content (AvgIpc) is 2.59. The van der Waals surface area contributed by atoms with Gasteiger partial charge in [0.1, 0.15) is 0 Å². The van der Waals surface area contributed by atoms with Gasteiger partial charge in [-0.2, -0.15) is 0 Å². The molecule has 0 spiro atoms. The van der Waals surface area contributed by atoms with E-state index in [1.807, 2.05) is 12.1 Å². The van der Waals surface area contributed by atoms with Crippen LogP contribution < -0.4 is 16.2 Å². The summed E-state index contributed by atoms with van der Waals surface area (Å²) in [6.45, 7) is 9.34. The molecule has 0 aliphatic rings. The van der Waals surface area contributed by atoms with Gasteiger partial charge in [0.2, 0.25) is 0 Å². The Kier molecular flexibility index (Phi) is 6.04. The number of benzene rings is 2. The van der Waals surface area contributed by atoms with E-state index in [2.05, 4.69) is 50.4 Å². The summed E-state index contributed by atoms with van der Waals surface area (Å²) in [5, 5.41) is 4.40. The lowest BCUT2D eigenvalue weighted by atomic mass is 9.87. The second-order valence-corrected chi connectivity index (χ2v) is 6.92. The smallest absolute Gasteiger partial charge is 0.428 e. The number of amides is 1. The van der Waals surface area contributed by atoms with E-state index >= 15 is 0 Å². The van der Waals surface area contributed by atoms with Crippen molar-refractivity contribution in [3.05, 3.63) is 59.7 Å². The van der Waals surface area contributed by atoms with Crippen molar-refractivity contribution >= 4 is 17.5 Å². The van der Waals surface area contributed by atoms with E-state index in [9.17, 15) is 4.79 Å². The predicted octanol–water partition coefficient (Wildman–Crippen LogP) is 4.43. The van der Waals surface area contributed by atoms with Crippen LogP contribution in [0.3, 0.4) is 0 Å². The first-order valence-electron chi connectivity index (χ1n) is 8.46. The highest BCUT2D eigenvalue weighted by Crippen LogP contribution is 2.23. The summed E-state index contributed by atoms with van der Waals surface area (Å²) in [5.41, 5.74) is 4.23. The first kappa shape index (κ1) is 18.8. The number of nitrogens with one attached hydrogen (secondary N) is 1. The number of anilines is 2. The van der Waals surface area contributed by atoms with Gasteiger partial charge in [-0.25, -0.2) is 15.6 Å². The molecule has 25 heavy (non-hydrogen) atoms. The fraction of sp³-hybridized carbons (Fsp3) is 0.350. The van der Waals surface area contributed by atoms with Crippen molar-refractivity contribution in [3.63, 3.8) is 0 Å². The fourth-order valence-corrected chi connectivity index (χ4v) is 2.37. The Morgan fingerprint density at radius 2 is 1.68 bits per heavy atom. The van der Waals surface area contributed by atoms with Crippen molar-refractivity contribution in [2.45, 2.75) is 39.7 Å². The summed E-state index contributed by atoms with van der Waals surface area (Å²) in [5.74, 6) is 5.73. The van der Waals surface area contributed by atoms with E-state index in [1.165, 1.54) is 5.56 Å². The molecule has 0 heterocycles. The molecule has 2 aromatic carbocycles. The molecule has 5 nitrogen and oxygen atoms in total. The third-order valence-corrected chi connectivity index (χ3v) is 3.93. The van der Waals surface area contributed by atoms with Gasteiger partial charge in [-0.1, -0.05) is 45.0 Å². The van der Waals surface area contributed by atoms with Crippen molar-refractivity contribution in [3.8, 4) is 0 Å². The van der Waals surface area contributed by atoms with Gasteiger partial charge in [-0.05, 0) is 47.7 Å². The Morgan fingerprint density at radius 3 is 2.20 bits per heavy atom. The highest BCUT2D eigenvalue weighted by atomic mass is 16.6. The molecule has 0 fully saturated rings. The second kappa shape index (κ2) is 8.03. The van der Waals surface area contributed by atoms with Crippen molar-refractivity contribution in [1.29, 1.82) is 0 Å². The summed E-state index contributed by atoms with van der Waals surface area (Å²) >= 11 is 0. The van der Waals surface area contributed by atoms with Crippen molar-refractivity contribution in [2.75, 3.05) is 16.9 Å². The second-order valence-electron chi connectivity index (χ2n) is 6.92. The molecular formula is C20H27N3O2. The molecule has 0 saturated heterocycles. The third-order valence-electron chi connectivity index (χ3n) is 3.93. The largest absolute Gasteiger partial charge is 0.449 e. The highest BCUT2D eigenvalue weighted by molar-refractivity contribution is 5.86. The van der Waals surface area contributed by atoms with Crippen molar-refractivity contribution in [1.82, 2.24) is 0 Å². The van der Waals surface area contributed by atoms with Crippen LogP contribution in [0.5, 0.6) is 0 Å². The maximum Gasteiger partial charge on any atom is 0.428 e. The van der Waals surface area contributed by atoms with Crippen LogP contribution in [-0.4, -0.2) is 12.7 Å². The summed E-state index contributed by atoms with van der Waals surface area (Å²) in [4.78, 5) is 11.6. The first-order chi connectivity index (χ1) is 11.8. The lowest BCUT2D eigenvalue weighted by Crippen LogP contribution is -2.37. The molecule has 134 valence electrons. The molecule has 0 bridgehead atoms. The molecule has 0 atom stereocenters. The summed E-state index contributed by atoms with van der Waals surface area (Å²) in [7, 11) is 0. The number of hydrazine groups is 1. The van der Waals surface area contributed by atoms with Crippen LogP contribution in [0.4, 0.5) is 16.2 Å². The standard InChI is InChI=1S/C20H27N3O2/c1-5-25-19(24)23(21)18-12-6-15(7-13-18)14-22-17-10-8-16(9-11-17)20(2,3)4/h6-13,22H,5,14,21H2,1-4H3. The molecule has 2 aromatic rings. The average molecular weight is 341 g/mol. The molecule has 0 aromatic heterocycles. The minimum Gasteiger partial charge on any atom is -0.449 e. The van der Waals surface area contributed by atoms with Crippen LogP contribution in [0.1, 0.15) is 38.8 Å². The van der Waals surface area contributed by atoms with Gasteiger partial charge < -0.3 is 10.1 Å². The van der Waals surface area contributed by atoms with Gasteiger partial charge in [0.05, 0.1) is 12.3 Å². The zero-order valence-corrected chi connectivity index (χ0v) is 15.4. The van der Waals surface area contributed by atoms with Crippen LogP contribution in [0.15, 0.2) is 48.5 Å². The zero-order chi connectivity index (χ0) is 18.4. The highest BCUT2D eigenvalue weighted by Gasteiger charge is 2.13. The molecule has 2 rings (SSSR count). The number of hydrogen-bond acceptors (Lipinski definition) is 4. The van der Waals surface area contributed by atoms with Gasteiger partial charge in [0.25, 0.3) is 0 Å². The van der Waals surface area contributed by atoms with E-state index in [-0.39, 0.29) is 5.41 Å². The van der Waals surface area contributed by atoms with Gasteiger partial charge in [-0.3, -0.25) is 0 Å². The van der Waals surface area contributed by atoms with Crippen LogP contribution in [-0.2, 0) is 16.7 Å². The predicted molar refractivity (Wildman–Crippen MR) is 103 cm³/mol. The maximum absolute atomic E-state index is 11.6. The van der Waals surface area contributed by atoms with Crippen molar-refractivity contribution < 1.29 is 9.53 Å². The molecule has 5 heteroatoms. The Hall–Kier alpha value is -2.53. The van der Waals surface area contributed by atoms with E-state index in [4.69, 9.17) is 10.6 Å².